The second-order valence-electron chi connectivity index (χ2n) is 3.71. The number of nitrogens with zero attached hydrogens (tertiary/aromatic N) is 2. The van der Waals surface area contributed by atoms with Crippen LogP contribution in [0.2, 0.25) is 0 Å². The van der Waals surface area contributed by atoms with Crippen LogP contribution in [0.15, 0.2) is 39.6 Å². The Morgan fingerprint density at radius 2 is 2.12 bits per heavy atom. The first-order chi connectivity index (χ1) is 8.06. The molecule has 1 heterocycles. The molecule has 0 fully saturated rings. The molecule has 0 amide bonds. The smallest absolute Gasteiger partial charge is 0.267 e. The minimum atomic E-state index is -0.352. The highest BCUT2D eigenvalue weighted by Crippen LogP contribution is 2.15. The molecule has 0 spiro atoms. The SMILES string of the molecule is Cc1ccc(=O)n(Cc2ccc(Br)cc2F)n1. The first kappa shape index (κ1) is 12.0. The molecule has 0 unspecified atom stereocenters. The van der Waals surface area contributed by atoms with Crippen molar-refractivity contribution in [3.63, 3.8) is 0 Å². The van der Waals surface area contributed by atoms with Gasteiger partial charge in [0.15, 0.2) is 0 Å². The van der Waals surface area contributed by atoms with E-state index < -0.39 is 0 Å². The lowest BCUT2D eigenvalue weighted by Crippen LogP contribution is -2.23. The van der Waals surface area contributed by atoms with Gasteiger partial charge in [0.25, 0.3) is 5.56 Å². The summed E-state index contributed by atoms with van der Waals surface area (Å²) >= 11 is 3.18. The van der Waals surface area contributed by atoms with Gasteiger partial charge < -0.3 is 0 Å². The third kappa shape index (κ3) is 2.79. The summed E-state index contributed by atoms with van der Waals surface area (Å²) in [5.74, 6) is -0.352. The largest absolute Gasteiger partial charge is 0.268 e. The first-order valence-corrected chi connectivity index (χ1v) is 5.84. The van der Waals surface area contributed by atoms with E-state index in [2.05, 4.69) is 21.0 Å². The van der Waals surface area contributed by atoms with E-state index in [0.29, 0.717) is 10.0 Å². The Balaban J connectivity index is 2.38. The highest BCUT2D eigenvalue weighted by molar-refractivity contribution is 9.10. The molecule has 0 aliphatic carbocycles. The van der Waals surface area contributed by atoms with Gasteiger partial charge in [-0.25, -0.2) is 9.07 Å². The molecule has 0 aliphatic rings. The monoisotopic (exact) mass is 296 g/mol. The van der Waals surface area contributed by atoms with Crippen molar-refractivity contribution < 1.29 is 4.39 Å². The molecule has 2 aromatic rings. The maximum Gasteiger partial charge on any atom is 0.267 e. The van der Waals surface area contributed by atoms with Crippen LogP contribution in [0.5, 0.6) is 0 Å². The Hall–Kier alpha value is -1.49. The summed E-state index contributed by atoms with van der Waals surface area (Å²) in [5, 5.41) is 4.06. The van der Waals surface area contributed by atoms with Crippen molar-refractivity contribution in [2.45, 2.75) is 13.5 Å². The number of aryl methyl sites for hydroxylation is 1. The second-order valence-corrected chi connectivity index (χ2v) is 4.62. The fourth-order valence-corrected chi connectivity index (χ4v) is 1.81. The third-order valence-electron chi connectivity index (χ3n) is 2.34. The molecule has 0 atom stereocenters. The van der Waals surface area contributed by atoms with E-state index >= 15 is 0 Å². The lowest BCUT2D eigenvalue weighted by molar-refractivity contribution is 0.568. The van der Waals surface area contributed by atoms with Crippen molar-refractivity contribution in [3.05, 3.63) is 62.2 Å². The summed E-state index contributed by atoms with van der Waals surface area (Å²) in [5.41, 5.74) is 0.924. The fraction of sp³-hybridized carbons (Fsp3) is 0.167. The van der Waals surface area contributed by atoms with E-state index in [0.717, 1.165) is 5.69 Å². The van der Waals surface area contributed by atoms with Gasteiger partial charge in [-0.05, 0) is 25.1 Å². The Labute approximate surface area is 106 Å². The number of halogens is 2. The molecule has 0 bridgehead atoms. The maximum absolute atomic E-state index is 13.6. The molecular weight excluding hydrogens is 287 g/mol. The van der Waals surface area contributed by atoms with Crippen molar-refractivity contribution >= 4 is 15.9 Å². The average molecular weight is 297 g/mol. The summed E-state index contributed by atoms with van der Waals surface area (Å²) < 4.78 is 15.5. The van der Waals surface area contributed by atoms with Crippen LogP contribution < -0.4 is 5.56 Å². The van der Waals surface area contributed by atoms with E-state index in [-0.39, 0.29) is 17.9 Å². The predicted octanol–water partition coefficient (Wildman–Crippen LogP) is 2.50. The van der Waals surface area contributed by atoms with Crippen LogP contribution in [0.25, 0.3) is 0 Å². The molecule has 1 aromatic carbocycles. The Morgan fingerprint density at radius 3 is 2.82 bits per heavy atom. The Morgan fingerprint density at radius 1 is 1.35 bits per heavy atom. The molecule has 3 nitrogen and oxygen atoms in total. The summed E-state index contributed by atoms with van der Waals surface area (Å²) in [4.78, 5) is 11.5. The maximum atomic E-state index is 13.6. The fourth-order valence-electron chi connectivity index (χ4n) is 1.48. The molecule has 88 valence electrons. The van der Waals surface area contributed by atoms with Crippen molar-refractivity contribution in [1.82, 2.24) is 9.78 Å². The molecule has 0 saturated heterocycles. The van der Waals surface area contributed by atoms with E-state index in [1.54, 1.807) is 25.1 Å². The summed E-state index contributed by atoms with van der Waals surface area (Å²) in [7, 11) is 0. The molecule has 0 saturated carbocycles. The van der Waals surface area contributed by atoms with Crippen LogP contribution >= 0.6 is 15.9 Å². The van der Waals surface area contributed by atoms with Crippen molar-refractivity contribution in [2.24, 2.45) is 0 Å². The zero-order valence-electron chi connectivity index (χ0n) is 9.15. The molecular formula is C12H10BrFN2O. The lowest BCUT2D eigenvalue weighted by atomic mass is 10.2. The highest BCUT2D eigenvalue weighted by Gasteiger charge is 2.05. The van der Waals surface area contributed by atoms with Crippen LogP contribution in [0.1, 0.15) is 11.3 Å². The zero-order chi connectivity index (χ0) is 12.4. The van der Waals surface area contributed by atoms with Gasteiger partial charge in [-0.3, -0.25) is 4.79 Å². The van der Waals surface area contributed by atoms with Crippen molar-refractivity contribution in [3.8, 4) is 0 Å². The van der Waals surface area contributed by atoms with E-state index in [1.807, 2.05) is 0 Å². The van der Waals surface area contributed by atoms with Crippen LogP contribution in [-0.2, 0) is 6.54 Å². The van der Waals surface area contributed by atoms with Crippen LogP contribution in [0.4, 0.5) is 4.39 Å². The quantitative estimate of drug-likeness (QED) is 0.853. The minimum Gasteiger partial charge on any atom is -0.268 e. The molecule has 0 N–H and O–H groups in total. The second kappa shape index (κ2) is 4.79. The molecule has 17 heavy (non-hydrogen) atoms. The molecule has 2 rings (SSSR count). The zero-order valence-corrected chi connectivity index (χ0v) is 10.7. The average Bonchev–Trinajstić information content (AvgIpc) is 2.27. The van der Waals surface area contributed by atoms with Crippen LogP contribution in [-0.4, -0.2) is 9.78 Å². The molecule has 5 heteroatoms. The lowest BCUT2D eigenvalue weighted by Gasteiger charge is -2.06. The predicted molar refractivity (Wildman–Crippen MR) is 66.4 cm³/mol. The minimum absolute atomic E-state index is 0.139. The van der Waals surface area contributed by atoms with Gasteiger partial charge in [0, 0.05) is 16.1 Å². The standard InChI is InChI=1S/C12H10BrFN2O/c1-8-2-5-12(17)16(15-8)7-9-3-4-10(13)6-11(9)14/h2-6H,7H2,1H3. The van der Waals surface area contributed by atoms with Crippen molar-refractivity contribution in [1.29, 1.82) is 0 Å². The highest BCUT2D eigenvalue weighted by atomic mass is 79.9. The molecule has 0 radical (unpaired) electrons. The van der Waals surface area contributed by atoms with Gasteiger partial charge in [0.05, 0.1) is 12.2 Å². The van der Waals surface area contributed by atoms with Gasteiger partial charge in [-0.15, -0.1) is 0 Å². The van der Waals surface area contributed by atoms with Crippen LogP contribution in [0.3, 0.4) is 0 Å². The molecule has 1 aromatic heterocycles. The number of rotatable bonds is 2. The number of hydrogen-bond acceptors (Lipinski definition) is 2. The third-order valence-corrected chi connectivity index (χ3v) is 2.83. The van der Waals surface area contributed by atoms with Crippen molar-refractivity contribution in [2.75, 3.05) is 0 Å². The van der Waals surface area contributed by atoms with Gasteiger partial charge in [0.2, 0.25) is 0 Å². The Bertz CT molecular complexity index is 610. The normalized spacial score (nSPS) is 10.5. The van der Waals surface area contributed by atoms with Gasteiger partial charge >= 0.3 is 0 Å². The van der Waals surface area contributed by atoms with E-state index in [4.69, 9.17) is 0 Å². The van der Waals surface area contributed by atoms with Gasteiger partial charge in [-0.1, -0.05) is 22.0 Å². The number of aromatic nitrogens is 2. The van der Waals surface area contributed by atoms with Crippen LogP contribution in [0, 0.1) is 12.7 Å². The molecule has 0 aliphatic heterocycles. The topological polar surface area (TPSA) is 34.9 Å². The summed E-state index contributed by atoms with van der Waals surface area (Å²) in [6.45, 7) is 1.92. The first-order valence-electron chi connectivity index (χ1n) is 5.05. The number of hydrogen-bond donors (Lipinski definition) is 0. The van der Waals surface area contributed by atoms with Gasteiger partial charge in [0.1, 0.15) is 5.82 Å². The number of benzene rings is 1. The summed E-state index contributed by atoms with van der Waals surface area (Å²) in [6, 6.07) is 7.81. The Kier molecular flexibility index (Phi) is 3.38. The van der Waals surface area contributed by atoms with Gasteiger partial charge in [-0.2, -0.15) is 5.10 Å². The van der Waals surface area contributed by atoms with E-state index in [9.17, 15) is 9.18 Å². The van der Waals surface area contributed by atoms with E-state index in [1.165, 1.54) is 16.8 Å². The summed E-state index contributed by atoms with van der Waals surface area (Å²) in [6.07, 6.45) is 0.